The normalized spacial score (nSPS) is 8.40. The van der Waals surface area contributed by atoms with Gasteiger partial charge >= 0.3 is 5.97 Å². The molecule has 0 aromatic rings. The standard InChI is InChI=1S/C7H10O3/c1-3-7(8)10-6-5-9-4-2/h1H,4-6H2,2H3. The molecule has 0 unspecified atom stereocenters. The fraction of sp³-hybridized carbons (Fsp3) is 0.571. The molecule has 0 aliphatic heterocycles. The van der Waals surface area contributed by atoms with Crippen molar-refractivity contribution < 1.29 is 14.3 Å². The molecule has 10 heavy (non-hydrogen) atoms. The Morgan fingerprint density at radius 3 is 2.80 bits per heavy atom. The van der Waals surface area contributed by atoms with Gasteiger partial charge in [0.2, 0.25) is 0 Å². The van der Waals surface area contributed by atoms with Gasteiger partial charge in [-0.3, -0.25) is 0 Å². The summed E-state index contributed by atoms with van der Waals surface area (Å²) in [6.45, 7) is 3.12. The highest BCUT2D eigenvalue weighted by atomic mass is 16.6. The predicted octanol–water partition coefficient (Wildman–Crippen LogP) is 0.199. The fourth-order valence-electron chi connectivity index (χ4n) is 0.379. The summed E-state index contributed by atoms with van der Waals surface area (Å²) in [6, 6.07) is 0. The maximum Gasteiger partial charge on any atom is 0.384 e. The van der Waals surface area contributed by atoms with E-state index < -0.39 is 5.97 Å². The van der Waals surface area contributed by atoms with Crippen molar-refractivity contribution in [2.45, 2.75) is 6.92 Å². The van der Waals surface area contributed by atoms with E-state index in [1.807, 2.05) is 12.8 Å². The summed E-state index contributed by atoms with van der Waals surface area (Å²) in [5, 5.41) is 0. The van der Waals surface area contributed by atoms with E-state index in [0.29, 0.717) is 13.2 Å². The molecule has 0 aromatic carbocycles. The van der Waals surface area contributed by atoms with Gasteiger partial charge < -0.3 is 9.47 Å². The lowest BCUT2D eigenvalue weighted by Crippen LogP contribution is -2.08. The largest absolute Gasteiger partial charge is 0.454 e. The van der Waals surface area contributed by atoms with Crippen LogP contribution in [0, 0.1) is 12.3 Å². The zero-order chi connectivity index (χ0) is 7.82. The first-order chi connectivity index (χ1) is 4.81. The van der Waals surface area contributed by atoms with E-state index >= 15 is 0 Å². The molecule has 0 saturated heterocycles. The van der Waals surface area contributed by atoms with Crippen LogP contribution in [0.1, 0.15) is 6.92 Å². The number of hydrogen-bond donors (Lipinski definition) is 0. The molecule has 0 fully saturated rings. The third-order valence-corrected chi connectivity index (χ3v) is 0.783. The van der Waals surface area contributed by atoms with E-state index in [0.717, 1.165) is 0 Å². The molecule has 0 heterocycles. The van der Waals surface area contributed by atoms with Crippen molar-refractivity contribution in [2.75, 3.05) is 19.8 Å². The summed E-state index contributed by atoms with van der Waals surface area (Å²) < 4.78 is 9.38. The van der Waals surface area contributed by atoms with Crippen LogP contribution in [0.5, 0.6) is 0 Å². The number of hydrogen-bond acceptors (Lipinski definition) is 3. The molecule has 0 aliphatic rings. The molecule has 0 spiro atoms. The van der Waals surface area contributed by atoms with Crippen molar-refractivity contribution in [3.05, 3.63) is 0 Å². The smallest absolute Gasteiger partial charge is 0.384 e. The Kier molecular flexibility index (Phi) is 5.50. The maximum atomic E-state index is 10.3. The van der Waals surface area contributed by atoms with E-state index in [-0.39, 0.29) is 6.61 Å². The molecule has 0 radical (unpaired) electrons. The van der Waals surface area contributed by atoms with Crippen LogP contribution in [0.25, 0.3) is 0 Å². The molecule has 0 N–H and O–H groups in total. The van der Waals surface area contributed by atoms with Crippen LogP contribution in [0.2, 0.25) is 0 Å². The summed E-state index contributed by atoms with van der Waals surface area (Å²) in [4.78, 5) is 10.3. The molecule has 56 valence electrons. The molecule has 0 aliphatic carbocycles. The zero-order valence-corrected chi connectivity index (χ0v) is 5.92. The molecule has 0 rings (SSSR count). The van der Waals surface area contributed by atoms with E-state index in [9.17, 15) is 4.79 Å². The third kappa shape index (κ3) is 5.13. The minimum atomic E-state index is -0.639. The van der Waals surface area contributed by atoms with Crippen LogP contribution < -0.4 is 0 Å². The second-order valence-corrected chi connectivity index (χ2v) is 1.48. The highest BCUT2D eigenvalue weighted by Gasteiger charge is 1.93. The predicted molar refractivity (Wildman–Crippen MR) is 36.3 cm³/mol. The highest BCUT2D eigenvalue weighted by Crippen LogP contribution is 1.77. The Morgan fingerprint density at radius 2 is 2.30 bits per heavy atom. The van der Waals surface area contributed by atoms with Gasteiger partial charge in [0, 0.05) is 12.5 Å². The fourth-order valence-corrected chi connectivity index (χ4v) is 0.379. The van der Waals surface area contributed by atoms with Crippen molar-refractivity contribution in [3.8, 4) is 12.3 Å². The van der Waals surface area contributed by atoms with Crippen LogP contribution in [0.15, 0.2) is 0 Å². The van der Waals surface area contributed by atoms with Crippen molar-refractivity contribution in [1.29, 1.82) is 0 Å². The molecular weight excluding hydrogens is 132 g/mol. The summed E-state index contributed by atoms with van der Waals surface area (Å²) in [5.74, 6) is 1.19. The van der Waals surface area contributed by atoms with Crippen LogP contribution in [-0.4, -0.2) is 25.8 Å². The Hall–Kier alpha value is -1.01. The average molecular weight is 142 g/mol. The minimum absolute atomic E-state index is 0.233. The van der Waals surface area contributed by atoms with Gasteiger partial charge in [-0.25, -0.2) is 4.79 Å². The lowest BCUT2D eigenvalue weighted by atomic mass is 10.7. The Labute approximate surface area is 60.3 Å². The molecule has 0 amide bonds. The van der Waals surface area contributed by atoms with Crippen LogP contribution in [0.4, 0.5) is 0 Å². The SMILES string of the molecule is C#CC(=O)OCCOCC. The van der Waals surface area contributed by atoms with Crippen molar-refractivity contribution in [3.63, 3.8) is 0 Å². The van der Waals surface area contributed by atoms with Crippen molar-refractivity contribution in [2.24, 2.45) is 0 Å². The average Bonchev–Trinajstić information content (AvgIpc) is 1.98. The number of esters is 1. The topological polar surface area (TPSA) is 35.5 Å². The van der Waals surface area contributed by atoms with Crippen molar-refractivity contribution >= 4 is 5.97 Å². The van der Waals surface area contributed by atoms with Gasteiger partial charge in [-0.05, 0) is 6.92 Å². The van der Waals surface area contributed by atoms with Gasteiger partial charge in [-0.2, -0.15) is 0 Å². The second-order valence-electron chi connectivity index (χ2n) is 1.48. The number of terminal acetylenes is 1. The lowest BCUT2D eigenvalue weighted by Gasteiger charge is -1.99. The number of ether oxygens (including phenoxy) is 2. The van der Waals surface area contributed by atoms with Gasteiger partial charge in [0.15, 0.2) is 0 Å². The van der Waals surface area contributed by atoms with E-state index in [2.05, 4.69) is 4.74 Å². The lowest BCUT2D eigenvalue weighted by molar-refractivity contribution is -0.138. The Balaban J connectivity index is 3.06. The number of carbonyl (C=O) groups is 1. The summed E-state index contributed by atoms with van der Waals surface area (Å²) in [7, 11) is 0. The third-order valence-electron chi connectivity index (χ3n) is 0.783. The molecule has 3 nitrogen and oxygen atoms in total. The van der Waals surface area contributed by atoms with Crippen LogP contribution in [0.3, 0.4) is 0 Å². The second kappa shape index (κ2) is 6.12. The number of carbonyl (C=O) groups excluding carboxylic acids is 1. The molecule has 0 aromatic heterocycles. The maximum absolute atomic E-state index is 10.3. The van der Waals surface area contributed by atoms with Crippen molar-refractivity contribution in [1.82, 2.24) is 0 Å². The molecule has 3 heteroatoms. The van der Waals surface area contributed by atoms with Gasteiger partial charge in [-0.15, -0.1) is 6.42 Å². The van der Waals surface area contributed by atoms with Crippen LogP contribution >= 0.6 is 0 Å². The first-order valence-electron chi connectivity index (χ1n) is 3.02. The summed E-state index contributed by atoms with van der Waals surface area (Å²) >= 11 is 0. The van der Waals surface area contributed by atoms with Gasteiger partial charge in [0.05, 0.1) is 6.61 Å². The van der Waals surface area contributed by atoms with Gasteiger partial charge in [0.25, 0.3) is 0 Å². The van der Waals surface area contributed by atoms with E-state index in [1.165, 1.54) is 0 Å². The number of rotatable bonds is 4. The molecular formula is C7H10O3. The van der Waals surface area contributed by atoms with E-state index in [1.54, 1.807) is 0 Å². The quantitative estimate of drug-likeness (QED) is 0.243. The molecule has 0 bridgehead atoms. The first-order valence-corrected chi connectivity index (χ1v) is 3.02. The van der Waals surface area contributed by atoms with Gasteiger partial charge in [-0.1, -0.05) is 0 Å². The minimum Gasteiger partial charge on any atom is -0.454 e. The Morgan fingerprint density at radius 1 is 1.60 bits per heavy atom. The molecule has 0 atom stereocenters. The first kappa shape index (κ1) is 8.99. The van der Waals surface area contributed by atoms with Gasteiger partial charge in [0.1, 0.15) is 6.61 Å². The highest BCUT2D eigenvalue weighted by molar-refractivity contribution is 5.87. The Bertz CT molecular complexity index is 134. The summed E-state index contributed by atoms with van der Waals surface area (Å²) in [6.07, 6.45) is 4.72. The molecule has 0 saturated carbocycles. The zero-order valence-electron chi connectivity index (χ0n) is 5.92. The monoisotopic (exact) mass is 142 g/mol. The summed E-state index contributed by atoms with van der Waals surface area (Å²) in [5.41, 5.74) is 0. The van der Waals surface area contributed by atoms with Crippen LogP contribution in [-0.2, 0) is 14.3 Å². The van der Waals surface area contributed by atoms with E-state index in [4.69, 9.17) is 11.2 Å².